The Bertz CT molecular complexity index is 813. The van der Waals surface area contributed by atoms with Gasteiger partial charge in [-0.2, -0.15) is 4.98 Å². The molecule has 0 aliphatic heterocycles. The summed E-state index contributed by atoms with van der Waals surface area (Å²) >= 11 is 1.29. The van der Waals surface area contributed by atoms with Gasteiger partial charge >= 0.3 is 0 Å². The van der Waals surface area contributed by atoms with Crippen LogP contribution in [0.2, 0.25) is 0 Å². The Hall–Kier alpha value is -2.52. The lowest BCUT2D eigenvalue weighted by atomic mass is 10.2. The van der Waals surface area contributed by atoms with Crippen molar-refractivity contribution in [3.63, 3.8) is 0 Å². The number of fused-ring (bicyclic) bond motifs is 1. The third kappa shape index (κ3) is 1.67. The second-order valence-electron chi connectivity index (χ2n) is 3.53. The minimum atomic E-state index is -0.413. The minimum Gasteiger partial charge on any atom is -0.362 e. The zero-order valence-electron chi connectivity index (χ0n) is 9.07. The van der Waals surface area contributed by atoms with Crippen LogP contribution in [0.25, 0.3) is 20.4 Å². The zero-order valence-corrected chi connectivity index (χ0v) is 9.89. The molecule has 0 saturated heterocycles. The van der Waals surface area contributed by atoms with Crippen LogP contribution in [0.5, 0.6) is 0 Å². The maximum absolute atomic E-state index is 11.3. The Morgan fingerprint density at radius 2 is 2.06 bits per heavy atom. The maximum Gasteiger partial charge on any atom is 0.294 e. The second-order valence-corrected chi connectivity index (χ2v) is 4.49. The van der Waals surface area contributed by atoms with E-state index in [1.807, 2.05) is 30.3 Å². The molecule has 0 N–H and O–H groups in total. The third-order valence-electron chi connectivity index (χ3n) is 2.37. The summed E-state index contributed by atoms with van der Waals surface area (Å²) in [5.41, 5.74) is 0.528. The van der Waals surface area contributed by atoms with Crippen molar-refractivity contribution in [1.29, 1.82) is 0 Å². The lowest BCUT2D eigenvalue weighted by molar-refractivity contribution is 0.953. The van der Waals surface area contributed by atoms with Crippen molar-refractivity contribution in [3.8, 4) is 10.6 Å². The minimum absolute atomic E-state index is 0.184. The van der Waals surface area contributed by atoms with Crippen LogP contribution in [0, 0.1) is 6.57 Å². The molecule has 1 aromatic carbocycles. The highest BCUT2D eigenvalue weighted by Gasteiger charge is 2.13. The van der Waals surface area contributed by atoms with Gasteiger partial charge in [0, 0.05) is 11.6 Å². The number of aromatic nitrogens is 3. The summed E-state index contributed by atoms with van der Waals surface area (Å²) in [5.74, 6) is 0.184. The molecular weight excluding hydrogens is 248 g/mol. The SMILES string of the molecule is [C-]#[N+]c1cc(=O)nc2sc(-c3ccccc3)nn12. The molecular formula is C12H6N4OS. The monoisotopic (exact) mass is 254 g/mol. The maximum atomic E-state index is 11.3. The first-order chi connectivity index (χ1) is 8.78. The van der Waals surface area contributed by atoms with E-state index >= 15 is 0 Å². The molecule has 3 rings (SSSR count). The molecule has 0 aliphatic carbocycles. The van der Waals surface area contributed by atoms with E-state index in [4.69, 9.17) is 6.57 Å². The number of nitrogens with zero attached hydrogens (tertiary/aromatic N) is 4. The summed E-state index contributed by atoms with van der Waals surface area (Å²) in [4.78, 5) is 18.9. The summed E-state index contributed by atoms with van der Waals surface area (Å²) in [6.07, 6.45) is 0. The molecule has 0 atom stereocenters. The van der Waals surface area contributed by atoms with Crippen LogP contribution in [-0.2, 0) is 0 Å². The van der Waals surface area contributed by atoms with Crippen LogP contribution in [0.1, 0.15) is 0 Å². The zero-order chi connectivity index (χ0) is 12.5. The average molecular weight is 254 g/mol. The molecule has 0 bridgehead atoms. The fourth-order valence-electron chi connectivity index (χ4n) is 1.58. The van der Waals surface area contributed by atoms with Gasteiger partial charge in [-0.05, 0) is 11.3 Å². The number of rotatable bonds is 1. The predicted octanol–water partition coefficient (Wildman–Crippen LogP) is 2.37. The highest BCUT2D eigenvalue weighted by atomic mass is 32.1. The van der Waals surface area contributed by atoms with Crippen LogP contribution in [0.4, 0.5) is 5.82 Å². The molecule has 3 aromatic rings. The normalized spacial score (nSPS) is 10.4. The van der Waals surface area contributed by atoms with Crippen LogP contribution in [0.15, 0.2) is 41.2 Å². The van der Waals surface area contributed by atoms with Crippen LogP contribution in [0.3, 0.4) is 0 Å². The Kier molecular flexibility index (Phi) is 2.39. The molecule has 0 unspecified atom stereocenters. The summed E-state index contributed by atoms with van der Waals surface area (Å²) < 4.78 is 1.40. The summed E-state index contributed by atoms with van der Waals surface area (Å²) in [6, 6.07) is 10.8. The fraction of sp³-hybridized carbons (Fsp3) is 0. The Balaban J connectivity index is 2.30. The van der Waals surface area contributed by atoms with E-state index in [2.05, 4.69) is 14.9 Å². The summed E-state index contributed by atoms with van der Waals surface area (Å²) in [5, 5.41) is 5.05. The topological polar surface area (TPSA) is 51.6 Å². The van der Waals surface area contributed by atoms with Gasteiger partial charge in [0.1, 0.15) is 0 Å². The molecule has 0 radical (unpaired) electrons. The smallest absolute Gasteiger partial charge is 0.294 e. The lowest BCUT2D eigenvalue weighted by Gasteiger charge is -1.91. The van der Waals surface area contributed by atoms with Gasteiger partial charge in [-0.3, -0.25) is 4.79 Å². The quantitative estimate of drug-likeness (QED) is 0.626. The van der Waals surface area contributed by atoms with Crippen molar-refractivity contribution in [1.82, 2.24) is 14.6 Å². The number of hydrogen-bond donors (Lipinski definition) is 0. The largest absolute Gasteiger partial charge is 0.362 e. The predicted molar refractivity (Wildman–Crippen MR) is 68.8 cm³/mol. The van der Waals surface area contributed by atoms with Gasteiger partial charge in [0.25, 0.3) is 16.3 Å². The van der Waals surface area contributed by atoms with Gasteiger partial charge in [-0.25, -0.2) is 0 Å². The molecule has 2 heterocycles. The van der Waals surface area contributed by atoms with Gasteiger partial charge in [-0.1, -0.05) is 42.0 Å². The van der Waals surface area contributed by atoms with E-state index in [0.29, 0.717) is 4.96 Å². The van der Waals surface area contributed by atoms with Crippen molar-refractivity contribution in [2.75, 3.05) is 0 Å². The first kappa shape index (κ1) is 10.6. The van der Waals surface area contributed by atoms with Gasteiger partial charge in [0.05, 0.1) is 0 Å². The molecule has 0 aliphatic rings. The first-order valence-corrected chi connectivity index (χ1v) is 5.93. The second kappa shape index (κ2) is 4.05. The number of hydrogen-bond acceptors (Lipinski definition) is 4. The van der Waals surface area contributed by atoms with Gasteiger partial charge < -0.3 is 4.85 Å². The van der Waals surface area contributed by atoms with Crippen molar-refractivity contribution in [2.24, 2.45) is 0 Å². The molecule has 86 valence electrons. The Morgan fingerprint density at radius 1 is 1.28 bits per heavy atom. The molecule has 2 aromatic heterocycles. The molecule has 0 amide bonds. The molecule has 6 heteroatoms. The number of benzene rings is 1. The van der Waals surface area contributed by atoms with Crippen LogP contribution >= 0.6 is 11.3 Å². The molecule has 0 saturated carbocycles. The van der Waals surface area contributed by atoms with E-state index in [1.54, 1.807) is 0 Å². The van der Waals surface area contributed by atoms with Crippen LogP contribution in [-0.4, -0.2) is 14.6 Å². The van der Waals surface area contributed by atoms with E-state index in [0.717, 1.165) is 10.6 Å². The third-order valence-corrected chi connectivity index (χ3v) is 3.33. The molecule has 18 heavy (non-hydrogen) atoms. The first-order valence-electron chi connectivity index (χ1n) is 5.12. The fourth-order valence-corrected chi connectivity index (χ4v) is 2.48. The van der Waals surface area contributed by atoms with E-state index in [1.165, 1.54) is 21.9 Å². The van der Waals surface area contributed by atoms with Crippen molar-refractivity contribution < 1.29 is 0 Å². The van der Waals surface area contributed by atoms with E-state index in [9.17, 15) is 4.79 Å². The van der Waals surface area contributed by atoms with Gasteiger partial charge in [0.2, 0.25) is 0 Å². The Morgan fingerprint density at radius 3 is 2.78 bits per heavy atom. The lowest BCUT2D eigenvalue weighted by Crippen LogP contribution is -2.05. The van der Waals surface area contributed by atoms with Gasteiger partial charge in [0.15, 0.2) is 5.01 Å². The van der Waals surface area contributed by atoms with Crippen molar-refractivity contribution in [3.05, 3.63) is 58.2 Å². The standard InChI is InChI=1S/C12H6N4OS/c1-13-9-7-10(17)14-12-16(9)15-11(18-12)8-5-3-2-4-6-8/h2-7H. The van der Waals surface area contributed by atoms with E-state index in [-0.39, 0.29) is 5.82 Å². The highest BCUT2D eigenvalue weighted by molar-refractivity contribution is 7.19. The van der Waals surface area contributed by atoms with Crippen molar-refractivity contribution >= 4 is 22.1 Å². The molecule has 0 fully saturated rings. The van der Waals surface area contributed by atoms with Gasteiger partial charge in [-0.15, -0.1) is 4.52 Å². The van der Waals surface area contributed by atoms with Crippen molar-refractivity contribution in [2.45, 2.75) is 0 Å². The summed E-state index contributed by atoms with van der Waals surface area (Å²) in [6.45, 7) is 7.04. The average Bonchev–Trinajstić information content (AvgIpc) is 2.82. The summed E-state index contributed by atoms with van der Waals surface area (Å²) in [7, 11) is 0. The molecule has 0 spiro atoms. The van der Waals surface area contributed by atoms with E-state index < -0.39 is 5.56 Å². The van der Waals surface area contributed by atoms with Crippen LogP contribution < -0.4 is 5.56 Å². The Labute approximate surface area is 106 Å². The molecule has 5 nitrogen and oxygen atoms in total. The highest BCUT2D eigenvalue weighted by Crippen LogP contribution is 2.26.